The van der Waals surface area contributed by atoms with Gasteiger partial charge in [-0.25, -0.2) is 0 Å². The molecule has 0 spiro atoms. The number of hydrogen-bond donors (Lipinski definition) is 3. The van der Waals surface area contributed by atoms with Crippen molar-refractivity contribution in [1.82, 2.24) is 15.5 Å². The monoisotopic (exact) mass is 494 g/mol. The number of hydrogen-bond acceptors (Lipinski definition) is 7. The highest BCUT2D eigenvalue weighted by atomic mass is 35.5. The highest BCUT2D eigenvalue weighted by Crippen LogP contribution is 2.23. The lowest BCUT2D eigenvalue weighted by Gasteiger charge is -2.28. The van der Waals surface area contributed by atoms with Crippen molar-refractivity contribution in [3.05, 3.63) is 28.8 Å². The van der Waals surface area contributed by atoms with Crippen molar-refractivity contribution in [1.29, 1.82) is 0 Å². The minimum Gasteiger partial charge on any atom is -0.433 e. The van der Waals surface area contributed by atoms with Crippen LogP contribution in [0, 0.1) is 5.92 Å². The van der Waals surface area contributed by atoms with Crippen LogP contribution in [-0.2, 0) is 23.9 Å². The summed E-state index contributed by atoms with van der Waals surface area (Å²) in [4.78, 5) is 51.8. The normalized spacial score (nSPS) is 23.0. The molecule has 2 saturated heterocycles. The summed E-state index contributed by atoms with van der Waals surface area (Å²) in [5.74, 6) is -1.44. The zero-order valence-electron chi connectivity index (χ0n) is 19.5. The first kappa shape index (κ1) is 25.8. The summed E-state index contributed by atoms with van der Waals surface area (Å²) in [5, 5.41) is 5.70. The van der Waals surface area contributed by atoms with Crippen LogP contribution in [0.2, 0.25) is 5.02 Å². The number of ether oxygens (including phenoxy) is 2. The fourth-order valence-corrected chi connectivity index (χ4v) is 4.11. The number of carbonyl (C=O) groups excluding carboxylic acids is 4. The Bertz CT molecular complexity index is 955. The van der Waals surface area contributed by atoms with E-state index in [1.54, 1.807) is 6.92 Å². The largest absolute Gasteiger partial charge is 0.433 e. The number of amides is 3. The number of likely N-dealkylation sites (tertiary alicyclic amines) is 1. The Balaban J connectivity index is 1.60. The van der Waals surface area contributed by atoms with Gasteiger partial charge in [-0.15, -0.1) is 0 Å². The second-order valence-corrected chi connectivity index (χ2v) is 9.43. The van der Waals surface area contributed by atoms with Gasteiger partial charge in [0.15, 0.2) is 0 Å². The van der Waals surface area contributed by atoms with Crippen LogP contribution in [0.25, 0.3) is 0 Å². The Hall–Kier alpha value is -2.85. The van der Waals surface area contributed by atoms with Gasteiger partial charge in [-0.2, -0.15) is 0 Å². The third kappa shape index (κ3) is 6.18. The highest BCUT2D eigenvalue weighted by molar-refractivity contribution is 6.33. The first-order chi connectivity index (χ1) is 16.1. The number of anilines is 1. The topological polar surface area (TPSA) is 140 Å². The van der Waals surface area contributed by atoms with Gasteiger partial charge in [0.2, 0.25) is 18.1 Å². The molecule has 1 aromatic carbocycles. The molecule has 0 bridgehead atoms. The summed E-state index contributed by atoms with van der Waals surface area (Å²) >= 11 is 5.98. The molecule has 1 unspecified atom stereocenters. The molecule has 0 radical (unpaired) electrons. The third-order valence-electron chi connectivity index (χ3n) is 5.70. The molecule has 2 aliphatic rings. The Morgan fingerprint density at radius 1 is 1.29 bits per heavy atom. The molecule has 1 aromatic rings. The molecule has 186 valence electrons. The maximum absolute atomic E-state index is 13.1. The van der Waals surface area contributed by atoms with Crippen molar-refractivity contribution < 1.29 is 28.7 Å². The van der Waals surface area contributed by atoms with E-state index >= 15 is 0 Å². The number of nitrogens with two attached hydrogens (primary N) is 1. The van der Waals surface area contributed by atoms with E-state index in [9.17, 15) is 19.2 Å². The molecular weight excluding hydrogens is 464 g/mol. The molecule has 3 amide bonds. The zero-order chi connectivity index (χ0) is 25.0. The van der Waals surface area contributed by atoms with E-state index in [1.807, 2.05) is 13.8 Å². The van der Waals surface area contributed by atoms with Crippen molar-refractivity contribution in [3.63, 3.8) is 0 Å². The van der Waals surface area contributed by atoms with Gasteiger partial charge in [-0.1, -0.05) is 25.4 Å². The summed E-state index contributed by atoms with van der Waals surface area (Å²) in [5.41, 5.74) is 6.29. The number of rotatable bonds is 8. The van der Waals surface area contributed by atoms with Crippen molar-refractivity contribution in [2.24, 2.45) is 5.92 Å². The van der Waals surface area contributed by atoms with Gasteiger partial charge in [0.25, 0.3) is 5.91 Å². The van der Waals surface area contributed by atoms with E-state index in [1.165, 1.54) is 23.1 Å². The summed E-state index contributed by atoms with van der Waals surface area (Å²) < 4.78 is 10.8. The van der Waals surface area contributed by atoms with E-state index in [0.29, 0.717) is 31.7 Å². The number of cyclic esters (lactones) is 1. The summed E-state index contributed by atoms with van der Waals surface area (Å²) in [6.45, 7) is 6.26. The average molecular weight is 495 g/mol. The molecular formula is C23H31ClN4O6. The lowest BCUT2D eigenvalue weighted by molar-refractivity contribution is -0.167. The Labute approximate surface area is 203 Å². The molecule has 0 aliphatic carbocycles. The Morgan fingerprint density at radius 3 is 2.71 bits per heavy atom. The zero-order valence-corrected chi connectivity index (χ0v) is 20.3. The van der Waals surface area contributed by atoms with Gasteiger partial charge < -0.3 is 30.7 Å². The average Bonchev–Trinajstić information content (AvgIpc) is 3.40. The maximum atomic E-state index is 13.1. The van der Waals surface area contributed by atoms with Crippen LogP contribution < -0.4 is 16.4 Å². The maximum Gasteiger partial charge on any atom is 0.310 e. The van der Waals surface area contributed by atoms with Crippen LogP contribution in [0.4, 0.5) is 5.69 Å². The van der Waals surface area contributed by atoms with Gasteiger partial charge in [0.1, 0.15) is 18.1 Å². The number of halogens is 1. The predicted molar refractivity (Wildman–Crippen MR) is 125 cm³/mol. The molecule has 2 heterocycles. The molecule has 0 aromatic heterocycles. The van der Waals surface area contributed by atoms with E-state index in [2.05, 4.69) is 10.6 Å². The molecule has 10 nitrogen and oxygen atoms in total. The minimum absolute atomic E-state index is 0.00573. The standard InChI is InChI=1S/C23H31ClN4O6/c1-12(2)11-33-23-17(10-19(29)34-23)27-21(31)18-5-4-8-28(18)22(32)13(3)26-20(30)14-6-7-16(25)15(24)9-14/h6-7,9,12-13,17-18,23H,4-5,8,10-11,25H2,1-3H3,(H,26,30)(H,27,31)/t13-,17-,18-,23?/m0/s1. The molecule has 3 rings (SSSR count). The number of nitrogen functional groups attached to an aromatic ring is 1. The SMILES string of the molecule is CC(C)COC1OC(=O)C[C@@H]1NC(=O)[C@@H]1CCCN1C(=O)[C@H](C)NC(=O)c1ccc(N)c(Cl)c1. The molecule has 4 atom stereocenters. The fraction of sp³-hybridized carbons (Fsp3) is 0.565. The number of esters is 1. The minimum atomic E-state index is -0.865. The van der Waals surface area contributed by atoms with Gasteiger partial charge in [0.05, 0.1) is 23.7 Å². The molecule has 0 saturated carbocycles. The van der Waals surface area contributed by atoms with Crippen molar-refractivity contribution >= 4 is 41.0 Å². The first-order valence-corrected chi connectivity index (χ1v) is 11.7. The molecule has 34 heavy (non-hydrogen) atoms. The number of nitrogens with zero attached hydrogens (tertiary/aromatic N) is 1. The van der Waals surface area contributed by atoms with E-state index < -0.39 is 36.3 Å². The fourth-order valence-electron chi connectivity index (χ4n) is 3.93. The summed E-state index contributed by atoms with van der Waals surface area (Å²) in [6, 6.07) is 2.26. The lowest BCUT2D eigenvalue weighted by atomic mass is 10.1. The predicted octanol–water partition coefficient (Wildman–Crippen LogP) is 1.46. The van der Waals surface area contributed by atoms with Gasteiger partial charge in [-0.05, 0) is 43.9 Å². The van der Waals surface area contributed by atoms with Crippen molar-refractivity contribution in [2.75, 3.05) is 18.9 Å². The van der Waals surface area contributed by atoms with Crippen LogP contribution in [0.1, 0.15) is 50.4 Å². The number of nitrogens with one attached hydrogen (secondary N) is 2. The highest BCUT2D eigenvalue weighted by Gasteiger charge is 2.41. The Morgan fingerprint density at radius 2 is 2.03 bits per heavy atom. The first-order valence-electron chi connectivity index (χ1n) is 11.3. The van der Waals surface area contributed by atoms with E-state index in [-0.39, 0.29) is 34.7 Å². The van der Waals surface area contributed by atoms with E-state index in [4.69, 9.17) is 26.8 Å². The quantitative estimate of drug-likeness (QED) is 0.367. The summed E-state index contributed by atoms with van der Waals surface area (Å²) in [6.07, 6.45) is 0.275. The smallest absolute Gasteiger partial charge is 0.310 e. The van der Waals surface area contributed by atoms with Crippen molar-refractivity contribution in [3.8, 4) is 0 Å². The summed E-state index contributed by atoms with van der Waals surface area (Å²) in [7, 11) is 0. The van der Waals surface area contributed by atoms with Crippen LogP contribution in [0.15, 0.2) is 18.2 Å². The lowest BCUT2D eigenvalue weighted by Crippen LogP contribution is -2.54. The van der Waals surface area contributed by atoms with Gasteiger partial charge in [0, 0.05) is 12.1 Å². The van der Waals surface area contributed by atoms with Crippen LogP contribution in [-0.4, -0.2) is 66.2 Å². The molecule has 4 N–H and O–H groups in total. The van der Waals surface area contributed by atoms with Gasteiger partial charge >= 0.3 is 5.97 Å². The number of benzene rings is 1. The number of carbonyl (C=O) groups is 4. The Kier molecular flexibility index (Phi) is 8.37. The van der Waals surface area contributed by atoms with Crippen LogP contribution in [0.5, 0.6) is 0 Å². The van der Waals surface area contributed by atoms with Crippen molar-refractivity contribution in [2.45, 2.75) is 64.4 Å². The van der Waals surface area contributed by atoms with E-state index in [0.717, 1.165) is 0 Å². The molecule has 2 aliphatic heterocycles. The second-order valence-electron chi connectivity index (χ2n) is 9.03. The second kappa shape index (κ2) is 11.1. The van der Waals surface area contributed by atoms with Crippen LogP contribution >= 0.6 is 11.6 Å². The van der Waals surface area contributed by atoms with Crippen LogP contribution in [0.3, 0.4) is 0 Å². The third-order valence-corrected chi connectivity index (χ3v) is 6.03. The van der Waals surface area contributed by atoms with Gasteiger partial charge in [-0.3, -0.25) is 19.2 Å². The molecule has 2 fully saturated rings. The molecule has 11 heteroatoms.